The van der Waals surface area contributed by atoms with Crippen LogP contribution >= 0.6 is 0 Å². The molecule has 1 aromatic heterocycles. The Hall–Kier alpha value is -1.39. The van der Waals surface area contributed by atoms with Crippen molar-refractivity contribution in [2.75, 3.05) is 0 Å². The molecule has 0 radical (unpaired) electrons. The normalized spacial score (nSPS) is 11.7. The maximum atomic E-state index is 11.4. The van der Waals surface area contributed by atoms with E-state index < -0.39 is 11.5 Å². The molecule has 0 aliphatic carbocycles. The molecule has 0 spiro atoms. The highest BCUT2D eigenvalue weighted by Crippen LogP contribution is 2.26. The number of carboxylic acids is 1. The van der Waals surface area contributed by atoms with Gasteiger partial charge in [0.2, 0.25) is 0 Å². The lowest BCUT2D eigenvalue weighted by Crippen LogP contribution is -2.42. The molecule has 0 saturated heterocycles. The van der Waals surface area contributed by atoms with Crippen molar-refractivity contribution in [1.29, 1.82) is 0 Å². The Morgan fingerprint density at radius 2 is 1.93 bits per heavy atom. The van der Waals surface area contributed by atoms with E-state index in [0.29, 0.717) is 24.5 Å². The summed E-state index contributed by atoms with van der Waals surface area (Å²) in [7, 11) is 0. The van der Waals surface area contributed by atoms with Crippen molar-refractivity contribution in [1.82, 2.24) is 14.8 Å². The van der Waals surface area contributed by atoms with Crippen molar-refractivity contribution in [3.05, 3.63) is 11.6 Å². The third kappa shape index (κ3) is 1.73. The number of aliphatic carboxylic acids is 1. The van der Waals surface area contributed by atoms with E-state index in [1.165, 1.54) is 4.68 Å². The van der Waals surface area contributed by atoms with Gasteiger partial charge >= 0.3 is 5.97 Å². The van der Waals surface area contributed by atoms with E-state index >= 15 is 0 Å². The molecule has 84 valence electrons. The van der Waals surface area contributed by atoms with Crippen molar-refractivity contribution >= 4 is 5.97 Å². The highest BCUT2D eigenvalue weighted by Gasteiger charge is 2.39. The van der Waals surface area contributed by atoms with Crippen LogP contribution < -0.4 is 0 Å². The van der Waals surface area contributed by atoms with Crippen LogP contribution in [-0.2, 0) is 10.3 Å². The van der Waals surface area contributed by atoms with Gasteiger partial charge in [0, 0.05) is 0 Å². The lowest BCUT2D eigenvalue weighted by molar-refractivity contribution is -0.148. The Morgan fingerprint density at radius 1 is 1.40 bits per heavy atom. The minimum Gasteiger partial charge on any atom is -0.479 e. The second-order valence-electron chi connectivity index (χ2n) is 3.66. The van der Waals surface area contributed by atoms with E-state index in [1.54, 1.807) is 13.8 Å². The van der Waals surface area contributed by atoms with Gasteiger partial charge < -0.3 is 5.11 Å². The second kappa shape index (κ2) is 4.00. The van der Waals surface area contributed by atoms with Crippen LogP contribution in [0.1, 0.15) is 38.3 Å². The van der Waals surface area contributed by atoms with E-state index in [2.05, 4.69) is 10.1 Å². The first-order valence-corrected chi connectivity index (χ1v) is 5.12. The summed E-state index contributed by atoms with van der Waals surface area (Å²) in [5, 5.41) is 13.5. The maximum Gasteiger partial charge on any atom is 0.331 e. The SMILES string of the molecule is CCC(CC)(C(=O)O)n1nc(C)nc1C. The van der Waals surface area contributed by atoms with Crippen molar-refractivity contribution in [2.24, 2.45) is 0 Å². The quantitative estimate of drug-likeness (QED) is 0.819. The third-order valence-corrected chi connectivity index (χ3v) is 2.85. The fourth-order valence-electron chi connectivity index (χ4n) is 1.87. The largest absolute Gasteiger partial charge is 0.479 e. The molecule has 0 unspecified atom stereocenters. The first-order valence-electron chi connectivity index (χ1n) is 5.12. The molecule has 0 aromatic carbocycles. The van der Waals surface area contributed by atoms with Gasteiger partial charge in [-0.3, -0.25) is 0 Å². The van der Waals surface area contributed by atoms with E-state index in [-0.39, 0.29) is 0 Å². The Bertz CT molecular complexity index is 367. The van der Waals surface area contributed by atoms with Crippen LogP contribution in [0.2, 0.25) is 0 Å². The van der Waals surface area contributed by atoms with Gasteiger partial charge in [0.15, 0.2) is 5.54 Å². The molecular formula is C10H17N3O2. The molecule has 5 nitrogen and oxygen atoms in total. The molecule has 1 aromatic rings. The van der Waals surface area contributed by atoms with Gasteiger partial charge in [-0.15, -0.1) is 0 Å². The molecule has 1 rings (SSSR count). The molecule has 0 amide bonds. The summed E-state index contributed by atoms with van der Waals surface area (Å²) in [6.07, 6.45) is 1.00. The average molecular weight is 211 g/mol. The van der Waals surface area contributed by atoms with Crippen LogP contribution in [0.3, 0.4) is 0 Å². The van der Waals surface area contributed by atoms with Gasteiger partial charge in [-0.2, -0.15) is 5.10 Å². The van der Waals surface area contributed by atoms with Gasteiger partial charge in [0.05, 0.1) is 0 Å². The molecule has 0 aliphatic rings. The lowest BCUT2D eigenvalue weighted by Gasteiger charge is -2.27. The third-order valence-electron chi connectivity index (χ3n) is 2.85. The molecule has 5 heteroatoms. The zero-order valence-electron chi connectivity index (χ0n) is 9.61. The van der Waals surface area contributed by atoms with E-state index in [4.69, 9.17) is 0 Å². The first-order chi connectivity index (χ1) is 6.97. The Balaban J connectivity index is 3.32. The predicted molar refractivity (Wildman–Crippen MR) is 55.7 cm³/mol. The zero-order valence-corrected chi connectivity index (χ0v) is 9.61. The first kappa shape index (κ1) is 11.7. The number of rotatable bonds is 4. The number of carbonyl (C=O) groups is 1. The Morgan fingerprint density at radius 3 is 2.20 bits per heavy atom. The number of aromatic nitrogens is 3. The van der Waals surface area contributed by atoms with Crippen LogP contribution in [0.4, 0.5) is 0 Å². The number of hydrogen-bond acceptors (Lipinski definition) is 3. The molecule has 1 N–H and O–H groups in total. The van der Waals surface area contributed by atoms with Gasteiger partial charge in [-0.1, -0.05) is 13.8 Å². The fraction of sp³-hybridized carbons (Fsp3) is 0.700. The van der Waals surface area contributed by atoms with Crippen molar-refractivity contribution in [3.8, 4) is 0 Å². The Labute approximate surface area is 89.1 Å². The summed E-state index contributed by atoms with van der Waals surface area (Å²) in [6.45, 7) is 7.26. The summed E-state index contributed by atoms with van der Waals surface area (Å²) in [6, 6.07) is 0. The van der Waals surface area contributed by atoms with Crippen LogP contribution in [0.25, 0.3) is 0 Å². The number of carboxylic acid groups (broad SMARTS) is 1. The smallest absolute Gasteiger partial charge is 0.331 e. The molecular weight excluding hydrogens is 194 g/mol. The molecule has 0 bridgehead atoms. The summed E-state index contributed by atoms with van der Waals surface area (Å²) >= 11 is 0. The fourth-order valence-corrected chi connectivity index (χ4v) is 1.87. The summed E-state index contributed by atoms with van der Waals surface area (Å²) in [4.78, 5) is 15.5. The van der Waals surface area contributed by atoms with Gasteiger partial charge in [-0.25, -0.2) is 14.5 Å². The molecule has 1 heterocycles. The topological polar surface area (TPSA) is 68.0 Å². The standard InChI is InChI=1S/C10H17N3O2/c1-5-10(6-2,9(14)15)13-8(4)11-7(3)12-13/h5-6H2,1-4H3,(H,14,15). The molecule has 0 atom stereocenters. The van der Waals surface area contributed by atoms with Crippen LogP contribution in [0, 0.1) is 13.8 Å². The van der Waals surface area contributed by atoms with Crippen LogP contribution in [-0.4, -0.2) is 25.8 Å². The van der Waals surface area contributed by atoms with Crippen LogP contribution in [0.5, 0.6) is 0 Å². The summed E-state index contributed by atoms with van der Waals surface area (Å²) in [5.74, 6) is 0.416. The number of nitrogens with zero attached hydrogens (tertiary/aromatic N) is 3. The maximum absolute atomic E-state index is 11.4. The van der Waals surface area contributed by atoms with Crippen molar-refractivity contribution in [3.63, 3.8) is 0 Å². The molecule has 0 saturated carbocycles. The van der Waals surface area contributed by atoms with Gasteiger partial charge in [0.25, 0.3) is 0 Å². The van der Waals surface area contributed by atoms with Crippen molar-refractivity contribution in [2.45, 2.75) is 46.1 Å². The monoisotopic (exact) mass is 211 g/mol. The van der Waals surface area contributed by atoms with Gasteiger partial charge in [-0.05, 0) is 26.7 Å². The van der Waals surface area contributed by atoms with Crippen molar-refractivity contribution < 1.29 is 9.90 Å². The highest BCUT2D eigenvalue weighted by molar-refractivity contribution is 5.76. The summed E-state index contributed by atoms with van der Waals surface area (Å²) < 4.78 is 1.53. The van der Waals surface area contributed by atoms with E-state index in [0.717, 1.165) is 0 Å². The minimum atomic E-state index is -0.953. The number of aryl methyl sites for hydroxylation is 2. The average Bonchev–Trinajstić information content (AvgIpc) is 2.49. The zero-order chi connectivity index (χ0) is 11.6. The van der Waals surface area contributed by atoms with Gasteiger partial charge in [0.1, 0.15) is 11.6 Å². The predicted octanol–water partition coefficient (Wildman–Crippen LogP) is 1.49. The number of hydrogen-bond donors (Lipinski definition) is 1. The lowest BCUT2D eigenvalue weighted by atomic mass is 9.93. The summed E-state index contributed by atoms with van der Waals surface area (Å²) in [5.41, 5.74) is -0.953. The van der Waals surface area contributed by atoms with E-state index in [9.17, 15) is 9.90 Å². The second-order valence-corrected chi connectivity index (χ2v) is 3.66. The minimum absolute atomic E-state index is 0.502. The molecule has 15 heavy (non-hydrogen) atoms. The molecule has 0 fully saturated rings. The van der Waals surface area contributed by atoms with E-state index in [1.807, 2.05) is 13.8 Å². The van der Waals surface area contributed by atoms with Crippen LogP contribution in [0.15, 0.2) is 0 Å². The highest BCUT2D eigenvalue weighted by atomic mass is 16.4. The molecule has 0 aliphatic heterocycles. The Kier molecular flexibility index (Phi) is 3.12.